The lowest BCUT2D eigenvalue weighted by Gasteiger charge is -2.27. The SMILES string of the molecule is Cc1ccc(-c2c(C(N)=O)sc(N3CCOCC3)c2C#N)c(Cl)c1. The van der Waals surface area contributed by atoms with Gasteiger partial charge in [0.15, 0.2) is 0 Å². The Bertz CT molecular complexity index is 835. The number of primary amides is 1. The number of anilines is 1. The van der Waals surface area contributed by atoms with E-state index in [1.165, 1.54) is 11.3 Å². The highest BCUT2D eigenvalue weighted by Gasteiger charge is 2.27. The van der Waals surface area contributed by atoms with Crippen LogP contribution in [0.2, 0.25) is 5.02 Å². The van der Waals surface area contributed by atoms with Crippen molar-refractivity contribution in [2.75, 3.05) is 31.2 Å². The first-order valence-corrected chi connectivity index (χ1v) is 8.68. The molecule has 2 aromatic rings. The monoisotopic (exact) mass is 361 g/mol. The second-order valence-corrected chi connectivity index (χ2v) is 6.95. The molecule has 1 fully saturated rings. The Balaban J connectivity index is 2.22. The number of morpholine rings is 1. The average Bonchev–Trinajstić information content (AvgIpc) is 2.95. The predicted octanol–water partition coefficient (Wildman–Crippen LogP) is 3.18. The molecule has 1 aliphatic heterocycles. The van der Waals surface area contributed by atoms with E-state index in [1.54, 1.807) is 0 Å². The molecule has 124 valence electrons. The van der Waals surface area contributed by atoms with Crippen LogP contribution < -0.4 is 10.6 Å². The van der Waals surface area contributed by atoms with Crippen LogP contribution in [0.4, 0.5) is 5.00 Å². The molecule has 1 aliphatic rings. The van der Waals surface area contributed by atoms with Crippen LogP contribution in [0.5, 0.6) is 0 Å². The Morgan fingerprint density at radius 1 is 1.42 bits per heavy atom. The molecule has 3 rings (SSSR count). The number of carbonyl (C=O) groups excluding carboxylic acids is 1. The Hall–Kier alpha value is -2.07. The number of thiophene rings is 1. The maximum absolute atomic E-state index is 12.0. The van der Waals surface area contributed by atoms with Gasteiger partial charge in [0.1, 0.15) is 15.9 Å². The summed E-state index contributed by atoms with van der Waals surface area (Å²) in [6.07, 6.45) is 0. The molecule has 2 heterocycles. The van der Waals surface area contributed by atoms with E-state index in [0.29, 0.717) is 52.9 Å². The molecular formula is C17H16ClN3O2S. The van der Waals surface area contributed by atoms with Gasteiger partial charge in [-0.15, -0.1) is 11.3 Å². The van der Waals surface area contributed by atoms with Crippen molar-refractivity contribution >= 4 is 33.8 Å². The van der Waals surface area contributed by atoms with E-state index in [1.807, 2.05) is 25.1 Å². The van der Waals surface area contributed by atoms with Gasteiger partial charge in [0.2, 0.25) is 0 Å². The number of carbonyl (C=O) groups is 1. The molecule has 24 heavy (non-hydrogen) atoms. The molecule has 0 spiro atoms. The Labute approximate surface area is 149 Å². The Kier molecular flexibility index (Phi) is 4.76. The first-order valence-electron chi connectivity index (χ1n) is 7.49. The van der Waals surface area contributed by atoms with Crippen LogP contribution in [0.15, 0.2) is 18.2 Å². The zero-order valence-electron chi connectivity index (χ0n) is 13.1. The molecule has 2 N–H and O–H groups in total. The van der Waals surface area contributed by atoms with Crippen molar-refractivity contribution in [3.05, 3.63) is 39.2 Å². The molecule has 5 nitrogen and oxygen atoms in total. The number of nitriles is 1. The summed E-state index contributed by atoms with van der Waals surface area (Å²) < 4.78 is 5.36. The van der Waals surface area contributed by atoms with E-state index in [0.717, 1.165) is 10.6 Å². The fourth-order valence-corrected chi connectivity index (χ4v) is 4.26. The summed E-state index contributed by atoms with van der Waals surface area (Å²) in [5.74, 6) is -0.553. The van der Waals surface area contributed by atoms with Gasteiger partial charge in [0.05, 0.1) is 18.8 Å². The number of rotatable bonds is 3. The van der Waals surface area contributed by atoms with E-state index in [2.05, 4.69) is 11.0 Å². The van der Waals surface area contributed by atoms with Crippen LogP contribution >= 0.6 is 22.9 Å². The van der Waals surface area contributed by atoms with E-state index in [4.69, 9.17) is 22.1 Å². The molecule has 0 bridgehead atoms. The van der Waals surface area contributed by atoms with Crippen molar-refractivity contribution < 1.29 is 9.53 Å². The second-order valence-electron chi connectivity index (χ2n) is 5.55. The zero-order valence-corrected chi connectivity index (χ0v) is 14.7. The van der Waals surface area contributed by atoms with Crippen molar-refractivity contribution in [2.45, 2.75) is 6.92 Å². The van der Waals surface area contributed by atoms with E-state index in [9.17, 15) is 10.1 Å². The number of benzene rings is 1. The number of ether oxygens (including phenoxy) is 1. The van der Waals surface area contributed by atoms with Gasteiger partial charge >= 0.3 is 0 Å². The van der Waals surface area contributed by atoms with E-state index < -0.39 is 5.91 Å². The molecule has 1 saturated heterocycles. The van der Waals surface area contributed by atoms with Crippen LogP contribution in [0, 0.1) is 18.3 Å². The van der Waals surface area contributed by atoms with Gasteiger partial charge in [-0.3, -0.25) is 4.79 Å². The standard InChI is InChI=1S/C17H16ClN3O2S/c1-10-2-3-11(13(18)8-10)14-12(9-19)17(24-15(14)16(20)22)21-4-6-23-7-5-21/h2-3,8H,4-7H2,1H3,(H2,20,22). The van der Waals surface area contributed by atoms with E-state index in [-0.39, 0.29) is 0 Å². The molecule has 7 heteroatoms. The van der Waals surface area contributed by atoms with Crippen LogP contribution in [0.3, 0.4) is 0 Å². The molecule has 0 aliphatic carbocycles. The third kappa shape index (κ3) is 2.98. The maximum atomic E-state index is 12.0. The lowest BCUT2D eigenvalue weighted by molar-refractivity contribution is 0.100. The van der Waals surface area contributed by atoms with Crippen molar-refractivity contribution in [3.63, 3.8) is 0 Å². The van der Waals surface area contributed by atoms with Gasteiger partial charge in [0, 0.05) is 29.2 Å². The van der Waals surface area contributed by atoms with Gasteiger partial charge in [-0.2, -0.15) is 5.26 Å². The van der Waals surface area contributed by atoms with Crippen molar-refractivity contribution in [2.24, 2.45) is 5.73 Å². The highest BCUT2D eigenvalue weighted by molar-refractivity contribution is 7.18. The summed E-state index contributed by atoms with van der Waals surface area (Å²) >= 11 is 7.62. The largest absolute Gasteiger partial charge is 0.378 e. The number of amides is 1. The second kappa shape index (κ2) is 6.81. The smallest absolute Gasteiger partial charge is 0.259 e. The van der Waals surface area contributed by atoms with Gasteiger partial charge in [-0.25, -0.2) is 0 Å². The van der Waals surface area contributed by atoms with Crippen LogP contribution in [0.1, 0.15) is 20.8 Å². The summed E-state index contributed by atoms with van der Waals surface area (Å²) in [5.41, 5.74) is 8.21. The minimum Gasteiger partial charge on any atom is -0.378 e. The Morgan fingerprint density at radius 3 is 2.71 bits per heavy atom. The molecular weight excluding hydrogens is 346 g/mol. The van der Waals surface area contributed by atoms with Gasteiger partial charge < -0.3 is 15.4 Å². The normalized spacial score (nSPS) is 14.5. The first kappa shape index (κ1) is 16.8. The zero-order chi connectivity index (χ0) is 17.3. The lowest BCUT2D eigenvalue weighted by Crippen LogP contribution is -2.36. The minimum atomic E-state index is -0.553. The summed E-state index contributed by atoms with van der Waals surface area (Å²) in [4.78, 5) is 14.4. The molecule has 1 aromatic heterocycles. The summed E-state index contributed by atoms with van der Waals surface area (Å²) in [6.45, 7) is 4.47. The summed E-state index contributed by atoms with van der Waals surface area (Å²) in [7, 11) is 0. The maximum Gasteiger partial charge on any atom is 0.259 e. The van der Waals surface area contributed by atoms with Gasteiger partial charge in [0.25, 0.3) is 5.91 Å². The predicted molar refractivity (Wildman–Crippen MR) is 95.8 cm³/mol. The number of aryl methyl sites for hydroxylation is 1. The highest BCUT2D eigenvalue weighted by Crippen LogP contribution is 2.44. The van der Waals surface area contributed by atoms with Crippen molar-refractivity contribution in [1.82, 2.24) is 0 Å². The third-order valence-electron chi connectivity index (χ3n) is 3.92. The Morgan fingerprint density at radius 2 is 2.12 bits per heavy atom. The molecule has 0 unspecified atom stereocenters. The van der Waals surface area contributed by atoms with Crippen molar-refractivity contribution in [3.8, 4) is 17.2 Å². The molecule has 1 aromatic carbocycles. The molecule has 0 atom stereocenters. The number of nitrogens with zero attached hydrogens (tertiary/aromatic N) is 2. The van der Waals surface area contributed by atoms with Gasteiger partial charge in [-0.05, 0) is 18.6 Å². The van der Waals surface area contributed by atoms with Crippen LogP contribution in [-0.4, -0.2) is 32.2 Å². The summed E-state index contributed by atoms with van der Waals surface area (Å²) in [5, 5.41) is 11.0. The van der Waals surface area contributed by atoms with E-state index >= 15 is 0 Å². The fraction of sp³-hybridized carbons (Fsp3) is 0.294. The third-order valence-corrected chi connectivity index (χ3v) is 5.50. The number of hydrogen-bond donors (Lipinski definition) is 1. The van der Waals surface area contributed by atoms with Gasteiger partial charge in [-0.1, -0.05) is 23.7 Å². The molecule has 1 amide bonds. The highest BCUT2D eigenvalue weighted by atomic mass is 35.5. The first-order chi connectivity index (χ1) is 11.5. The number of hydrogen-bond acceptors (Lipinski definition) is 5. The minimum absolute atomic E-state index is 0.360. The van der Waals surface area contributed by atoms with Crippen molar-refractivity contribution in [1.29, 1.82) is 5.26 Å². The number of halogens is 1. The fourth-order valence-electron chi connectivity index (χ4n) is 2.77. The topological polar surface area (TPSA) is 79.3 Å². The average molecular weight is 362 g/mol. The van der Waals surface area contributed by atoms with Crippen LogP contribution in [0.25, 0.3) is 11.1 Å². The quantitative estimate of drug-likeness (QED) is 0.910. The lowest BCUT2D eigenvalue weighted by atomic mass is 10.00. The van der Waals surface area contributed by atoms with Crippen LogP contribution in [-0.2, 0) is 4.74 Å². The molecule has 0 saturated carbocycles. The summed E-state index contributed by atoms with van der Waals surface area (Å²) in [6, 6.07) is 7.78. The molecule has 0 radical (unpaired) electrons. The number of nitrogens with two attached hydrogens (primary N) is 1.